The van der Waals surface area contributed by atoms with Crippen LogP contribution in [0.5, 0.6) is 0 Å². The fourth-order valence-electron chi connectivity index (χ4n) is 1.07. The maximum Gasteiger partial charge on any atom is 0.101 e. The van der Waals surface area contributed by atoms with Gasteiger partial charge in [0.05, 0.1) is 10.0 Å². The maximum atomic E-state index is 4.47. The van der Waals surface area contributed by atoms with E-state index in [1.807, 2.05) is 6.92 Å². The highest BCUT2D eigenvalue weighted by atomic mass is 32.1. The summed E-state index contributed by atoms with van der Waals surface area (Å²) in [5.74, 6) is 0. The van der Waals surface area contributed by atoms with Crippen LogP contribution in [0.15, 0.2) is 10.8 Å². The van der Waals surface area contributed by atoms with E-state index in [1.54, 1.807) is 22.7 Å². The third-order valence-corrected chi connectivity index (χ3v) is 3.50. The van der Waals surface area contributed by atoms with Crippen LogP contribution < -0.4 is 0 Å². The molecule has 0 radical (unpaired) electrons. The lowest BCUT2D eigenvalue weighted by Crippen LogP contribution is -1.80. The van der Waals surface area contributed by atoms with E-state index in [0.29, 0.717) is 0 Å². The molecule has 0 N–H and O–H groups in total. The molecule has 4 heteroatoms. The van der Waals surface area contributed by atoms with E-state index >= 15 is 0 Å². The van der Waals surface area contributed by atoms with Gasteiger partial charge in [0.25, 0.3) is 0 Å². The van der Waals surface area contributed by atoms with Gasteiger partial charge in [0.2, 0.25) is 0 Å². The van der Waals surface area contributed by atoms with Gasteiger partial charge < -0.3 is 0 Å². The summed E-state index contributed by atoms with van der Waals surface area (Å²) in [7, 11) is 0. The monoisotopic (exact) mass is 210 g/mol. The molecule has 0 fully saturated rings. The number of thiazole rings is 2. The molecular formula is C9H10N2S2. The van der Waals surface area contributed by atoms with Gasteiger partial charge in [0.1, 0.15) is 11.4 Å². The van der Waals surface area contributed by atoms with Crippen molar-refractivity contribution in [3.05, 3.63) is 20.8 Å². The minimum absolute atomic E-state index is 1.01. The predicted octanol–water partition coefficient (Wildman–Crippen LogP) is 3.14. The van der Waals surface area contributed by atoms with Crippen LogP contribution in [-0.2, 0) is 6.42 Å². The first kappa shape index (κ1) is 8.84. The van der Waals surface area contributed by atoms with Crippen LogP contribution in [0.3, 0.4) is 0 Å². The second-order valence-electron chi connectivity index (χ2n) is 2.73. The van der Waals surface area contributed by atoms with Gasteiger partial charge in [0.15, 0.2) is 0 Å². The molecule has 0 saturated heterocycles. The van der Waals surface area contributed by atoms with Gasteiger partial charge in [0, 0.05) is 10.8 Å². The zero-order valence-corrected chi connectivity index (χ0v) is 9.21. The summed E-state index contributed by atoms with van der Waals surface area (Å²) >= 11 is 3.38. The van der Waals surface area contributed by atoms with Crippen molar-refractivity contribution in [3.63, 3.8) is 0 Å². The van der Waals surface area contributed by atoms with E-state index in [4.69, 9.17) is 0 Å². The van der Waals surface area contributed by atoms with Gasteiger partial charge in [-0.25, -0.2) is 9.97 Å². The van der Waals surface area contributed by atoms with Crippen molar-refractivity contribution in [1.29, 1.82) is 0 Å². The van der Waals surface area contributed by atoms with Crippen molar-refractivity contribution < 1.29 is 0 Å². The average molecular weight is 210 g/mol. The van der Waals surface area contributed by atoms with E-state index in [9.17, 15) is 0 Å². The fraction of sp³-hybridized carbons (Fsp3) is 0.333. The third kappa shape index (κ3) is 1.78. The van der Waals surface area contributed by atoms with Crippen molar-refractivity contribution in [2.45, 2.75) is 20.3 Å². The van der Waals surface area contributed by atoms with Gasteiger partial charge >= 0.3 is 0 Å². The maximum absolute atomic E-state index is 4.47. The topological polar surface area (TPSA) is 25.8 Å². The molecule has 0 aromatic carbocycles. The first-order valence-electron chi connectivity index (χ1n) is 4.16. The molecule has 2 rings (SSSR count). The Balaban J connectivity index is 2.35. The molecule has 0 aliphatic heterocycles. The van der Waals surface area contributed by atoms with Gasteiger partial charge in [-0.1, -0.05) is 6.92 Å². The van der Waals surface area contributed by atoms with Crippen LogP contribution in [-0.4, -0.2) is 9.97 Å². The molecule has 0 saturated carbocycles. The number of aryl methyl sites for hydroxylation is 2. The second-order valence-corrected chi connectivity index (χ2v) is 4.74. The minimum Gasteiger partial charge on any atom is -0.240 e. The van der Waals surface area contributed by atoms with Crippen molar-refractivity contribution in [3.8, 4) is 11.4 Å². The number of aromatic nitrogens is 2. The molecule has 0 spiro atoms. The highest BCUT2D eigenvalue weighted by Gasteiger charge is 2.05. The van der Waals surface area contributed by atoms with E-state index < -0.39 is 0 Å². The first-order chi connectivity index (χ1) is 6.29. The van der Waals surface area contributed by atoms with Crippen LogP contribution in [0, 0.1) is 6.92 Å². The lowest BCUT2D eigenvalue weighted by atomic mass is 10.4. The summed E-state index contributed by atoms with van der Waals surface area (Å²) in [5.41, 5.74) is 2.03. The summed E-state index contributed by atoms with van der Waals surface area (Å²) in [6.07, 6.45) is 1.01. The minimum atomic E-state index is 1.01. The Morgan fingerprint density at radius 2 is 1.85 bits per heavy atom. The summed E-state index contributed by atoms with van der Waals surface area (Å²) in [6.45, 7) is 4.14. The number of nitrogens with zero attached hydrogens (tertiary/aromatic N) is 2. The standard InChI is InChI=1S/C9H10N2S2/c1-3-9-11-8(5-13-9)7-4-12-6(2)10-7/h4-5H,3H2,1-2H3. The predicted molar refractivity (Wildman–Crippen MR) is 57.3 cm³/mol. The van der Waals surface area contributed by atoms with Gasteiger partial charge in [-0.3, -0.25) is 0 Å². The highest BCUT2D eigenvalue weighted by molar-refractivity contribution is 7.10. The molecule has 2 aromatic heterocycles. The SMILES string of the molecule is CCc1nc(-c2csc(C)n2)cs1. The summed E-state index contributed by atoms with van der Waals surface area (Å²) in [4.78, 5) is 8.87. The van der Waals surface area contributed by atoms with E-state index in [-0.39, 0.29) is 0 Å². The molecule has 0 atom stereocenters. The average Bonchev–Trinajstić information content (AvgIpc) is 2.71. The molecule has 0 bridgehead atoms. The molecule has 2 nitrogen and oxygen atoms in total. The van der Waals surface area contributed by atoms with Crippen LogP contribution in [0.1, 0.15) is 16.9 Å². The quantitative estimate of drug-likeness (QED) is 0.761. The Morgan fingerprint density at radius 1 is 1.15 bits per heavy atom. The lowest BCUT2D eigenvalue weighted by Gasteiger charge is -1.86. The van der Waals surface area contributed by atoms with Crippen LogP contribution in [0.2, 0.25) is 0 Å². The van der Waals surface area contributed by atoms with Crippen LogP contribution in [0.25, 0.3) is 11.4 Å². The molecule has 0 aliphatic rings. The number of hydrogen-bond donors (Lipinski definition) is 0. The molecule has 13 heavy (non-hydrogen) atoms. The van der Waals surface area contributed by atoms with Crippen LogP contribution >= 0.6 is 22.7 Å². The summed E-state index contributed by atoms with van der Waals surface area (Å²) in [6, 6.07) is 0. The molecule has 0 amide bonds. The van der Waals surface area contributed by atoms with Crippen molar-refractivity contribution in [2.75, 3.05) is 0 Å². The van der Waals surface area contributed by atoms with Gasteiger partial charge in [-0.05, 0) is 13.3 Å². The van der Waals surface area contributed by atoms with E-state index in [1.165, 1.54) is 5.01 Å². The number of rotatable bonds is 2. The number of hydrogen-bond acceptors (Lipinski definition) is 4. The van der Waals surface area contributed by atoms with Crippen molar-refractivity contribution in [2.24, 2.45) is 0 Å². The Kier molecular flexibility index (Phi) is 2.42. The van der Waals surface area contributed by atoms with Crippen molar-refractivity contribution in [1.82, 2.24) is 9.97 Å². The second kappa shape index (κ2) is 3.55. The Bertz CT molecular complexity index is 403. The highest BCUT2D eigenvalue weighted by Crippen LogP contribution is 2.23. The van der Waals surface area contributed by atoms with E-state index in [2.05, 4.69) is 27.7 Å². The smallest absolute Gasteiger partial charge is 0.101 e. The zero-order valence-electron chi connectivity index (χ0n) is 7.57. The summed E-state index contributed by atoms with van der Waals surface area (Å²) in [5, 5.41) is 6.42. The molecular weight excluding hydrogens is 200 g/mol. The third-order valence-electron chi connectivity index (χ3n) is 1.74. The van der Waals surface area contributed by atoms with Crippen molar-refractivity contribution >= 4 is 22.7 Å². The Hall–Kier alpha value is -0.740. The Morgan fingerprint density at radius 3 is 2.38 bits per heavy atom. The van der Waals surface area contributed by atoms with Gasteiger partial charge in [-0.2, -0.15) is 0 Å². The fourth-order valence-corrected chi connectivity index (χ4v) is 2.42. The van der Waals surface area contributed by atoms with Crippen LogP contribution in [0.4, 0.5) is 0 Å². The van der Waals surface area contributed by atoms with E-state index in [0.717, 1.165) is 22.8 Å². The Labute approximate surface area is 85.3 Å². The molecule has 2 aromatic rings. The van der Waals surface area contributed by atoms with Gasteiger partial charge in [-0.15, -0.1) is 22.7 Å². The largest absolute Gasteiger partial charge is 0.240 e. The first-order valence-corrected chi connectivity index (χ1v) is 5.92. The molecule has 2 heterocycles. The normalized spacial score (nSPS) is 10.6. The zero-order chi connectivity index (χ0) is 9.26. The summed E-state index contributed by atoms with van der Waals surface area (Å²) < 4.78 is 0. The molecule has 68 valence electrons. The lowest BCUT2D eigenvalue weighted by molar-refractivity contribution is 1.09. The molecule has 0 aliphatic carbocycles. The molecule has 0 unspecified atom stereocenters.